The van der Waals surface area contributed by atoms with Crippen LogP contribution in [0.25, 0.3) is 0 Å². The molecule has 5 nitrogen and oxygen atoms in total. The summed E-state index contributed by atoms with van der Waals surface area (Å²) < 4.78 is 22.3. The van der Waals surface area contributed by atoms with Crippen LogP contribution in [0.15, 0.2) is 0 Å². The van der Waals surface area contributed by atoms with Gasteiger partial charge in [-0.2, -0.15) is 0 Å². The topological polar surface area (TPSA) is 70.3 Å². The summed E-state index contributed by atoms with van der Waals surface area (Å²) in [6.45, 7) is 7.72. The van der Waals surface area contributed by atoms with Crippen LogP contribution in [0.4, 0.5) is 0 Å². The number of aromatic hydroxyl groups is 1. The molecule has 5 rings (SSSR count). The van der Waals surface area contributed by atoms with Gasteiger partial charge in [0, 0.05) is 18.4 Å². The molecule has 1 aromatic rings. The molecule has 0 spiro atoms. The second-order valence-electron chi connectivity index (χ2n) is 8.57. The predicted octanol–water partition coefficient (Wildman–Crippen LogP) is 2.81. The number of phenolic OH excluding ortho intramolecular Hbond substituents is 1. The van der Waals surface area contributed by atoms with Crippen molar-refractivity contribution in [1.82, 2.24) is 0 Å². The van der Waals surface area contributed by atoms with E-state index in [0.717, 1.165) is 69.7 Å². The zero-order chi connectivity index (χ0) is 18.5. The maximum absolute atomic E-state index is 11.1. The number of benzene rings is 1. The van der Waals surface area contributed by atoms with Crippen molar-refractivity contribution in [3.8, 4) is 5.75 Å². The van der Waals surface area contributed by atoms with Gasteiger partial charge in [0.05, 0.1) is 50.8 Å². The Morgan fingerprint density at radius 3 is 1.74 bits per heavy atom. The number of hydrogen-bond acceptors (Lipinski definition) is 5. The van der Waals surface area contributed by atoms with Gasteiger partial charge in [-0.05, 0) is 54.4 Å². The lowest BCUT2D eigenvalue weighted by Crippen LogP contribution is -2.17. The van der Waals surface area contributed by atoms with Crippen LogP contribution in [0, 0.1) is 6.92 Å². The first-order chi connectivity index (χ1) is 13.1. The second-order valence-corrected chi connectivity index (χ2v) is 8.57. The molecule has 1 N–H and O–H groups in total. The Labute approximate surface area is 160 Å². The average molecular weight is 374 g/mol. The molecule has 4 aliphatic rings. The van der Waals surface area contributed by atoms with Crippen molar-refractivity contribution >= 4 is 0 Å². The largest absolute Gasteiger partial charge is 0.507 e. The molecule has 0 saturated carbocycles. The van der Waals surface area contributed by atoms with Crippen LogP contribution >= 0.6 is 0 Å². The molecule has 4 aliphatic heterocycles. The Morgan fingerprint density at radius 1 is 0.815 bits per heavy atom. The van der Waals surface area contributed by atoms with Crippen LogP contribution in [-0.2, 0) is 38.2 Å². The van der Waals surface area contributed by atoms with Gasteiger partial charge in [-0.3, -0.25) is 0 Å². The molecule has 0 bridgehead atoms. The summed E-state index contributed by atoms with van der Waals surface area (Å²) >= 11 is 0. The molecule has 4 saturated heterocycles. The molecule has 5 heteroatoms. The van der Waals surface area contributed by atoms with Crippen molar-refractivity contribution in [3.63, 3.8) is 0 Å². The van der Waals surface area contributed by atoms with Crippen LogP contribution in [0.1, 0.15) is 53.5 Å². The third-order valence-corrected chi connectivity index (χ3v) is 6.45. The molecule has 4 fully saturated rings. The highest BCUT2D eigenvalue weighted by Crippen LogP contribution is 2.44. The first-order valence-electron chi connectivity index (χ1n) is 10.5. The summed E-state index contributed by atoms with van der Waals surface area (Å²) in [5.74, 6) is 0.914. The monoisotopic (exact) mass is 374 g/mol. The number of phenols is 1. The summed E-state index contributed by atoms with van der Waals surface area (Å²) in [6, 6.07) is 0. The summed E-state index contributed by atoms with van der Waals surface area (Å²) in [7, 11) is 0. The van der Waals surface area contributed by atoms with Gasteiger partial charge in [0.1, 0.15) is 5.75 Å². The Morgan fingerprint density at radius 2 is 1.30 bits per heavy atom. The second kappa shape index (κ2) is 7.03. The van der Waals surface area contributed by atoms with E-state index in [1.54, 1.807) is 0 Å². The van der Waals surface area contributed by atoms with Gasteiger partial charge < -0.3 is 24.1 Å². The first kappa shape index (κ1) is 17.9. The number of hydrogen-bond donors (Lipinski definition) is 1. The maximum atomic E-state index is 11.1. The maximum Gasteiger partial charge on any atom is 0.122 e. The normalized spacial score (nSPS) is 31.6. The lowest BCUT2D eigenvalue weighted by molar-refractivity contribution is 0.343. The minimum atomic E-state index is 0.256. The molecule has 0 aromatic heterocycles. The molecule has 0 radical (unpaired) electrons. The third kappa shape index (κ3) is 4.02. The van der Waals surface area contributed by atoms with E-state index in [-0.39, 0.29) is 6.10 Å². The fourth-order valence-corrected chi connectivity index (χ4v) is 4.69. The van der Waals surface area contributed by atoms with Gasteiger partial charge in [-0.25, -0.2) is 0 Å². The fraction of sp³-hybridized carbons (Fsp3) is 0.727. The zero-order valence-corrected chi connectivity index (χ0v) is 16.3. The highest BCUT2D eigenvalue weighted by Gasteiger charge is 2.38. The van der Waals surface area contributed by atoms with Gasteiger partial charge in [-0.1, -0.05) is 6.92 Å². The standard InChI is InChI=1S/C22H30O5/c1-3-18-12(2)21(13(4-14-8-24-14)5-15-9-25-15)19(6-16-10-26-16)20(22(18)23)7-17-11-27-17/h13-17,23H,3-11H2,1-2H3. The number of rotatable bonds is 10. The van der Waals surface area contributed by atoms with Gasteiger partial charge in [0.25, 0.3) is 0 Å². The van der Waals surface area contributed by atoms with Crippen molar-refractivity contribution in [2.24, 2.45) is 0 Å². The first-order valence-corrected chi connectivity index (χ1v) is 10.5. The Bertz CT molecular complexity index is 700. The molecule has 0 aliphatic carbocycles. The van der Waals surface area contributed by atoms with Gasteiger partial charge in [0.2, 0.25) is 0 Å². The SMILES string of the molecule is CCc1c(C)c(C(CC2CO2)CC2CO2)c(CC2CO2)c(CC2CO2)c1O. The van der Waals surface area contributed by atoms with Crippen molar-refractivity contribution in [3.05, 3.63) is 27.8 Å². The van der Waals surface area contributed by atoms with Gasteiger partial charge in [0.15, 0.2) is 0 Å². The summed E-state index contributed by atoms with van der Waals surface area (Å²) in [4.78, 5) is 0. The molecule has 4 unspecified atom stereocenters. The highest BCUT2D eigenvalue weighted by atomic mass is 16.6. The van der Waals surface area contributed by atoms with Crippen molar-refractivity contribution < 1.29 is 24.1 Å². The molecule has 0 amide bonds. The van der Waals surface area contributed by atoms with Crippen LogP contribution < -0.4 is 0 Å². The lowest BCUT2D eigenvalue weighted by atomic mass is 9.78. The van der Waals surface area contributed by atoms with Crippen LogP contribution in [-0.4, -0.2) is 55.9 Å². The minimum absolute atomic E-state index is 0.256. The molecular formula is C22H30O5. The molecule has 27 heavy (non-hydrogen) atoms. The van der Waals surface area contributed by atoms with Crippen LogP contribution in [0.5, 0.6) is 5.75 Å². The van der Waals surface area contributed by atoms with Crippen molar-refractivity contribution in [2.45, 2.75) is 76.3 Å². The number of epoxide rings is 4. The van der Waals surface area contributed by atoms with Crippen LogP contribution in [0.3, 0.4) is 0 Å². The van der Waals surface area contributed by atoms with Crippen molar-refractivity contribution in [1.29, 1.82) is 0 Å². The highest BCUT2D eigenvalue weighted by molar-refractivity contribution is 5.57. The Balaban J connectivity index is 1.60. The van der Waals surface area contributed by atoms with E-state index in [2.05, 4.69) is 13.8 Å². The van der Waals surface area contributed by atoms with E-state index in [1.165, 1.54) is 16.7 Å². The van der Waals surface area contributed by atoms with Gasteiger partial charge >= 0.3 is 0 Å². The quantitative estimate of drug-likeness (QED) is 0.638. The summed E-state index contributed by atoms with van der Waals surface area (Å²) in [6.07, 6.45) is 5.95. The smallest absolute Gasteiger partial charge is 0.122 e. The lowest BCUT2D eigenvalue weighted by Gasteiger charge is -2.27. The van der Waals surface area contributed by atoms with E-state index < -0.39 is 0 Å². The molecule has 148 valence electrons. The Hall–Kier alpha value is -1.14. The summed E-state index contributed by atoms with van der Waals surface area (Å²) in [5.41, 5.74) is 6.20. The molecular weight excluding hydrogens is 344 g/mol. The van der Waals surface area contributed by atoms with E-state index in [4.69, 9.17) is 18.9 Å². The molecule has 4 atom stereocenters. The van der Waals surface area contributed by atoms with Gasteiger partial charge in [-0.15, -0.1) is 0 Å². The minimum Gasteiger partial charge on any atom is -0.507 e. The van der Waals surface area contributed by atoms with Crippen molar-refractivity contribution in [2.75, 3.05) is 26.4 Å². The summed E-state index contributed by atoms with van der Waals surface area (Å²) in [5, 5.41) is 11.1. The molecule has 4 heterocycles. The number of ether oxygens (including phenoxy) is 4. The molecule has 1 aromatic carbocycles. The van der Waals surface area contributed by atoms with E-state index in [0.29, 0.717) is 30.0 Å². The van der Waals surface area contributed by atoms with E-state index in [9.17, 15) is 5.11 Å². The van der Waals surface area contributed by atoms with E-state index >= 15 is 0 Å². The van der Waals surface area contributed by atoms with Crippen LogP contribution in [0.2, 0.25) is 0 Å². The predicted molar refractivity (Wildman–Crippen MR) is 101 cm³/mol. The third-order valence-electron chi connectivity index (χ3n) is 6.45. The Kier molecular flexibility index (Phi) is 4.67. The fourth-order valence-electron chi connectivity index (χ4n) is 4.69. The van der Waals surface area contributed by atoms with E-state index in [1.807, 2.05) is 0 Å². The average Bonchev–Trinajstić information content (AvgIpc) is 3.45. The zero-order valence-electron chi connectivity index (χ0n) is 16.3.